The number of imidazole rings is 1. The molecule has 0 unspecified atom stereocenters. The lowest BCUT2D eigenvalue weighted by Gasteiger charge is -2.33. The molecule has 1 aliphatic heterocycles. The largest absolute Gasteiger partial charge is 0.370 e. The van der Waals surface area contributed by atoms with E-state index in [1.807, 2.05) is 24.8 Å². The molecule has 9 nitrogen and oxygen atoms in total. The highest BCUT2D eigenvalue weighted by atomic mass is 32.2. The third-order valence-electron chi connectivity index (χ3n) is 4.41. The van der Waals surface area contributed by atoms with Crippen molar-refractivity contribution in [3.05, 3.63) is 23.8 Å². The second kappa shape index (κ2) is 7.20. The van der Waals surface area contributed by atoms with E-state index >= 15 is 0 Å². The number of rotatable bonds is 5. The Labute approximate surface area is 154 Å². The fraction of sp³-hybridized carbons (Fsp3) is 0.562. The molecule has 0 saturated carbocycles. The highest BCUT2D eigenvalue weighted by Gasteiger charge is 2.31. The molecule has 3 rings (SSSR count). The molecule has 0 atom stereocenters. The number of aryl methyl sites for hydroxylation is 3. The van der Waals surface area contributed by atoms with E-state index in [1.165, 1.54) is 4.31 Å². The molecule has 0 amide bonds. The summed E-state index contributed by atoms with van der Waals surface area (Å²) in [6.45, 7) is 8.35. The van der Waals surface area contributed by atoms with Gasteiger partial charge >= 0.3 is 0 Å². The molecule has 1 N–H and O–H groups in total. The first kappa shape index (κ1) is 18.6. The minimum atomic E-state index is -3.57. The van der Waals surface area contributed by atoms with Gasteiger partial charge in [0.2, 0.25) is 5.95 Å². The van der Waals surface area contributed by atoms with Gasteiger partial charge in [0.15, 0.2) is 5.03 Å². The van der Waals surface area contributed by atoms with Gasteiger partial charge in [-0.05, 0) is 20.8 Å². The van der Waals surface area contributed by atoms with Crippen molar-refractivity contribution in [2.45, 2.75) is 25.8 Å². The van der Waals surface area contributed by atoms with E-state index in [0.29, 0.717) is 38.0 Å². The predicted molar refractivity (Wildman–Crippen MR) is 99.8 cm³/mol. The van der Waals surface area contributed by atoms with Crippen molar-refractivity contribution in [1.29, 1.82) is 0 Å². The van der Waals surface area contributed by atoms with Crippen LogP contribution in [-0.2, 0) is 17.1 Å². The molecule has 0 aliphatic carbocycles. The Bertz CT molecular complexity index is 866. The molecule has 0 spiro atoms. The third kappa shape index (κ3) is 3.65. The molecule has 2 aromatic rings. The smallest absolute Gasteiger partial charge is 0.262 e. The van der Waals surface area contributed by atoms with Crippen LogP contribution in [0.15, 0.2) is 17.3 Å². The van der Waals surface area contributed by atoms with Gasteiger partial charge in [0.05, 0.1) is 0 Å². The number of hydrogen-bond acceptors (Lipinski definition) is 7. The fourth-order valence-electron chi connectivity index (χ4n) is 2.88. The normalized spacial score (nSPS) is 16.1. The zero-order valence-electron chi connectivity index (χ0n) is 15.6. The summed E-state index contributed by atoms with van der Waals surface area (Å²) in [5.74, 6) is 2.09. The second-order valence-electron chi connectivity index (χ2n) is 6.35. The lowest BCUT2D eigenvalue weighted by atomic mass is 10.3. The van der Waals surface area contributed by atoms with Gasteiger partial charge in [-0.3, -0.25) is 0 Å². The van der Waals surface area contributed by atoms with Crippen LogP contribution in [0, 0.1) is 13.8 Å². The highest BCUT2D eigenvalue weighted by Crippen LogP contribution is 2.20. The summed E-state index contributed by atoms with van der Waals surface area (Å²) in [6.07, 6.45) is 1.56. The van der Waals surface area contributed by atoms with E-state index in [9.17, 15) is 8.42 Å². The van der Waals surface area contributed by atoms with Gasteiger partial charge < -0.3 is 14.8 Å². The summed E-state index contributed by atoms with van der Waals surface area (Å²) in [4.78, 5) is 15.2. The highest BCUT2D eigenvalue weighted by molar-refractivity contribution is 7.89. The standard InChI is InChI=1S/C16H25N7O2S/c1-5-17-14-10-12(2)18-16(20-14)22-6-8-23(9-7-22)26(24,25)15-11-21(4)13(3)19-15/h10-11H,5-9H2,1-4H3,(H,17,18,20). The fourth-order valence-corrected chi connectivity index (χ4v) is 4.32. The van der Waals surface area contributed by atoms with E-state index in [4.69, 9.17) is 0 Å². The summed E-state index contributed by atoms with van der Waals surface area (Å²) < 4.78 is 28.8. The molecule has 2 aromatic heterocycles. The number of anilines is 2. The molecule has 0 aromatic carbocycles. The van der Waals surface area contributed by atoms with Gasteiger partial charge in [-0.25, -0.2) is 18.4 Å². The molecule has 1 fully saturated rings. The summed E-state index contributed by atoms with van der Waals surface area (Å²) in [6, 6.07) is 1.90. The van der Waals surface area contributed by atoms with E-state index in [1.54, 1.807) is 24.7 Å². The number of aromatic nitrogens is 4. The molecule has 26 heavy (non-hydrogen) atoms. The van der Waals surface area contributed by atoms with Gasteiger partial charge in [0, 0.05) is 57.7 Å². The summed E-state index contributed by atoms with van der Waals surface area (Å²) in [5, 5.41) is 3.30. The predicted octanol–water partition coefficient (Wildman–Crippen LogP) is 0.770. The molecule has 142 valence electrons. The number of nitrogens with one attached hydrogen (secondary N) is 1. The summed E-state index contributed by atoms with van der Waals surface area (Å²) in [5.41, 5.74) is 0.880. The van der Waals surface area contributed by atoms with Gasteiger partial charge in [-0.1, -0.05) is 0 Å². The van der Waals surface area contributed by atoms with Crippen LogP contribution in [0.25, 0.3) is 0 Å². The number of hydrogen-bond donors (Lipinski definition) is 1. The van der Waals surface area contributed by atoms with Crippen molar-refractivity contribution < 1.29 is 8.42 Å². The van der Waals surface area contributed by atoms with Crippen LogP contribution in [-0.4, -0.2) is 65.0 Å². The van der Waals surface area contributed by atoms with Crippen molar-refractivity contribution in [2.24, 2.45) is 7.05 Å². The van der Waals surface area contributed by atoms with Crippen molar-refractivity contribution in [3.63, 3.8) is 0 Å². The van der Waals surface area contributed by atoms with Crippen LogP contribution >= 0.6 is 0 Å². The Morgan fingerprint density at radius 3 is 2.38 bits per heavy atom. The molecule has 0 bridgehead atoms. The zero-order valence-corrected chi connectivity index (χ0v) is 16.4. The maximum Gasteiger partial charge on any atom is 0.262 e. The van der Waals surface area contributed by atoms with Crippen LogP contribution in [0.2, 0.25) is 0 Å². The van der Waals surface area contributed by atoms with Gasteiger partial charge in [0.1, 0.15) is 11.6 Å². The Kier molecular flexibility index (Phi) is 5.15. The first-order valence-electron chi connectivity index (χ1n) is 8.66. The Hall–Kier alpha value is -2.20. The summed E-state index contributed by atoms with van der Waals surface area (Å²) >= 11 is 0. The first-order chi connectivity index (χ1) is 12.3. The van der Waals surface area contributed by atoms with Crippen LogP contribution in [0.4, 0.5) is 11.8 Å². The maximum atomic E-state index is 12.8. The van der Waals surface area contributed by atoms with E-state index in [2.05, 4.69) is 20.3 Å². The van der Waals surface area contributed by atoms with Crippen LogP contribution in [0.3, 0.4) is 0 Å². The average molecular weight is 379 g/mol. The van der Waals surface area contributed by atoms with Gasteiger partial charge in [0.25, 0.3) is 10.0 Å². The molecule has 0 radical (unpaired) electrons. The topological polar surface area (TPSA) is 96.2 Å². The molecular formula is C16H25N7O2S. The van der Waals surface area contributed by atoms with Crippen molar-refractivity contribution >= 4 is 21.8 Å². The Morgan fingerprint density at radius 1 is 1.12 bits per heavy atom. The quantitative estimate of drug-likeness (QED) is 0.820. The molecule has 1 aliphatic rings. The average Bonchev–Trinajstić information content (AvgIpc) is 2.95. The second-order valence-corrected chi connectivity index (χ2v) is 8.24. The molecule has 3 heterocycles. The van der Waals surface area contributed by atoms with E-state index in [0.717, 1.165) is 18.1 Å². The minimum absolute atomic E-state index is 0.104. The Morgan fingerprint density at radius 2 is 1.81 bits per heavy atom. The minimum Gasteiger partial charge on any atom is -0.370 e. The first-order valence-corrected chi connectivity index (χ1v) is 10.1. The number of piperazine rings is 1. The summed E-state index contributed by atoms with van der Waals surface area (Å²) in [7, 11) is -1.78. The SMILES string of the molecule is CCNc1cc(C)nc(N2CCN(S(=O)(=O)c3cn(C)c(C)n3)CC2)n1. The van der Waals surface area contributed by atoms with Crippen molar-refractivity contribution in [2.75, 3.05) is 42.9 Å². The number of sulfonamides is 1. The van der Waals surface area contributed by atoms with Gasteiger partial charge in [-0.15, -0.1) is 0 Å². The molecular weight excluding hydrogens is 354 g/mol. The van der Waals surface area contributed by atoms with Crippen molar-refractivity contribution in [1.82, 2.24) is 23.8 Å². The Balaban J connectivity index is 1.73. The molecule has 10 heteroatoms. The lowest BCUT2D eigenvalue weighted by molar-refractivity contribution is 0.381. The number of nitrogens with zero attached hydrogens (tertiary/aromatic N) is 6. The van der Waals surface area contributed by atoms with Crippen molar-refractivity contribution in [3.8, 4) is 0 Å². The lowest BCUT2D eigenvalue weighted by Crippen LogP contribution is -2.49. The van der Waals surface area contributed by atoms with Crippen LogP contribution in [0.1, 0.15) is 18.4 Å². The third-order valence-corrected chi connectivity index (χ3v) is 6.18. The van der Waals surface area contributed by atoms with Gasteiger partial charge in [-0.2, -0.15) is 9.29 Å². The maximum absolute atomic E-state index is 12.8. The zero-order chi connectivity index (χ0) is 18.9. The van der Waals surface area contributed by atoms with E-state index in [-0.39, 0.29) is 5.03 Å². The molecule has 1 saturated heterocycles. The monoisotopic (exact) mass is 379 g/mol. The van der Waals surface area contributed by atoms with Crippen LogP contribution in [0.5, 0.6) is 0 Å². The van der Waals surface area contributed by atoms with Crippen LogP contribution < -0.4 is 10.2 Å². The van der Waals surface area contributed by atoms with E-state index < -0.39 is 10.0 Å².